The highest BCUT2D eigenvalue weighted by molar-refractivity contribution is 7.80. The average Bonchev–Trinajstić information content (AvgIpc) is 2.40. The van der Waals surface area contributed by atoms with E-state index in [-0.39, 0.29) is 6.54 Å². The lowest BCUT2D eigenvalue weighted by Crippen LogP contribution is -2.47. The fraction of sp³-hybridized carbons (Fsp3) is 0.857. The molecule has 2 saturated heterocycles. The highest BCUT2D eigenvalue weighted by atomic mass is 35.6. The van der Waals surface area contributed by atoms with Gasteiger partial charge in [-0.05, 0) is 12.8 Å². The first-order chi connectivity index (χ1) is 8.09. The van der Waals surface area contributed by atoms with Crippen LogP contribution in [0.1, 0.15) is 12.8 Å². The van der Waals surface area contributed by atoms with E-state index in [4.69, 9.17) is 39.4 Å². The Bertz CT molecular complexity index is 464. The summed E-state index contributed by atoms with van der Waals surface area (Å²) in [6.07, 6.45) is 0.814. The van der Waals surface area contributed by atoms with E-state index < -0.39 is 32.3 Å². The van der Waals surface area contributed by atoms with Gasteiger partial charge in [0.1, 0.15) is 0 Å². The minimum atomic E-state index is -4.75. The monoisotopic (exact) mass is 338 g/mol. The molecule has 2 aliphatic heterocycles. The molecular formula is C7H9Cl3N2O5S. The number of nitrogens with zero attached hydrogens (tertiary/aromatic N) is 2. The first-order valence-corrected chi connectivity index (χ1v) is 7.43. The second kappa shape index (κ2) is 4.53. The maximum atomic E-state index is 11.9. The summed E-state index contributed by atoms with van der Waals surface area (Å²) in [7, 11) is -4.75. The Kier molecular flexibility index (Phi) is 3.63. The number of hydroxylamine groups is 2. The number of carbonyl (C=O) groups is 1. The molecule has 0 aliphatic carbocycles. The van der Waals surface area contributed by atoms with Crippen LogP contribution in [0.15, 0.2) is 0 Å². The number of fused-ring (bicyclic) bond motifs is 2. The van der Waals surface area contributed by atoms with E-state index in [1.54, 1.807) is 0 Å². The Balaban J connectivity index is 2.20. The number of alkyl halides is 3. The standard InChI is InChI=1S/C7H9Cl3N2O5S/c8-7(9,10)5-2-1-4-3-11(5)6(13)12(4)17-18(14,15)16/h4-5H,1-3H2,(H,14,15,16)/t4-,5+/m1/s1. The van der Waals surface area contributed by atoms with Crippen molar-refractivity contribution in [2.24, 2.45) is 0 Å². The van der Waals surface area contributed by atoms with Crippen molar-refractivity contribution >= 4 is 51.2 Å². The average molecular weight is 340 g/mol. The summed E-state index contributed by atoms with van der Waals surface area (Å²) in [5.41, 5.74) is 0. The predicted octanol–water partition coefficient (Wildman–Crippen LogP) is 1.36. The summed E-state index contributed by atoms with van der Waals surface area (Å²) in [6.45, 7) is 0.187. The van der Waals surface area contributed by atoms with E-state index in [1.807, 2.05) is 0 Å². The molecule has 2 heterocycles. The molecule has 2 fully saturated rings. The van der Waals surface area contributed by atoms with Crippen LogP contribution in [0.4, 0.5) is 4.79 Å². The molecule has 0 spiro atoms. The van der Waals surface area contributed by atoms with Crippen molar-refractivity contribution in [1.29, 1.82) is 0 Å². The number of hydrogen-bond acceptors (Lipinski definition) is 4. The Hall–Kier alpha value is 0.01000. The van der Waals surface area contributed by atoms with Crippen LogP contribution in [0.3, 0.4) is 0 Å². The molecule has 2 aliphatic rings. The van der Waals surface area contributed by atoms with E-state index in [9.17, 15) is 13.2 Å². The van der Waals surface area contributed by atoms with Crippen LogP contribution in [0.2, 0.25) is 0 Å². The van der Waals surface area contributed by atoms with Crippen LogP contribution in [0, 0.1) is 0 Å². The summed E-state index contributed by atoms with van der Waals surface area (Å²) >= 11 is 17.3. The molecule has 0 unspecified atom stereocenters. The zero-order valence-electron chi connectivity index (χ0n) is 8.79. The van der Waals surface area contributed by atoms with Crippen LogP contribution >= 0.6 is 34.8 Å². The third kappa shape index (κ3) is 2.78. The van der Waals surface area contributed by atoms with E-state index in [2.05, 4.69) is 4.28 Å². The number of urea groups is 1. The van der Waals surface area contributed by atoms with Gasteiger partial charge in [-0.15, -0.1) is 4.28 Å². The van der Waals surface area contributed by atoms with Gasteiger partial charge in [0.25, 0.3) is 0 Å². The van der Waals surface area contributed by atoms with Gasteiger partial charge in [-0.2, -0.15) is 13.5 Å². The molecular weight excluding hydrogens is 331 g/mol. The number of halogens is 3. The number of piperidine rings is 1. The Labute approximate surface area is 118 Å². The normalized spacial score (nSPS) is 29.0. The molecule has 0 radical (unpaired) electrons. The lowest BCUT2D eigenvalue weighted by atomic mass is 10.0. The number of amides is 2. The molecule has 0 aromatic heterocycles. The molecule has 11 heteroatoms. The molecule has 0 aromatic rings. The quantitative estimate of drug-likeness (QED) is 0.606. The molecule has 1 N–H and O–H groups in total. The molecule has 2 bridgehead atoms. The van der Waals surface area contributed by atoms with E-state index in [0.717, 1.165) is 0 Å². The molecule has 18 heavy (non-hydrogen) atoms. The maximum Gasteiger partial charge on any atom is 0.418 e. The highest BCUT2D eigenvalue weighted by Crippen LogP contribution is 2.42. The fourth-order valence-electron chi connectivity index (χ4n) is 2.17. The van der Waals surface area contributed by atoms with Gasteiger partial charge in [0.05, 0.1) is 12.1 Å². The third-order valence-electron chi connectivity index (χ3n) is 2.88. The first-order valence-electron chi connectivity index (χ1n) is 4.93. The van der Waals surface area contributed by atoms with Gasteiger partial charge in [0.15, 0.2) is 0 Å². The Morgan fingerprint density at radius 2 is 1.94 bits per heavy atom. The molecule has 0 aromatic carbocycles. The smallest absolute Gasteiger partial charge is 0.313 e. The molecule has 0 saturated carbocycles. The van der Waals surface area contributed by atoms with Gasteiger partial charge in [0.2, 0.25) is 3.79 Å². The maximum absolute atomic E-state index is 11.9. The van der Waals surface area contributed by atoms with Crippen LogP contribution in [-0.4, -0.2) is 51.4 Å². The van der Waals surface area contributed by atoms with Crippen molar-refractivity contribution in [2.75, 3.05) is 6.54 Å². The van der Waals surface area contributed by atoms with E-state index in [1.165, 1.54) is 4.90 Å². The van der Waals surface area contributed by atoms with Gasteiger partial charge < -0.3 is 4.90 Å². The van der Waals surface area contributed by atoms with Gasteiger partial charge >= 0.3 is 16.4 Å². The summed E-state index contributed by atoms with van der Waals surface area (Å²) < 4.78 is 32.5. The van der Waals surface area contributed by atoms with Gasteiger partial charge in [-0.1, -0.05) is 34.8 Å². The summed E-state index contributed by atoms with van der Waals surface area (Å²) in [5, 5.41) is 0.603. The SMILES string of the molecule is O=C1N2C[C@@H](CC[C@H]2C(Cl)(Cl)Cl)N1OS(=O)(=O)O. The highest BCUT2D eigenvalue weighted by Gasteiger charge is 2.52. The topological polar surface area (TPSA) is 87.2 Å². The van der Waals surface area contributed by atoms with Crippen molar-refractivity contribution in [3.8, 4) is 0 Å². The minimum absolute atomic E-state index is 0.187. The lowest BCUT2D eigenvalue weighted by molar-refractivity contribution is -0.0317. The van der Waals surface area contributed by atoms with Crippen LogP contribution < -0.4 is 0 Å². The fourth-order valence-corrected chi connectivity index (χ4v) is 3.24. The summed E-state index contributed by atoms with van der Waals surface area (Å²) in [5.74, 6) is 0. The molecule has 2 atom stereocenters. The largest absolute Gasteiger partial charge is 0.418 e. The number of hydrogen-bond donors (Lipinski definition) is 1. The van der Waals surface area contributed by atoms with Crippen molar-refractivity contribution in [3.05, 3.63) is 0 Å². The van der Waals surface area contributed by atoms with Crippen LogP contribution in [-0.2, 0) is 14.7 Å². The van der Waals surface area contributed by atoms with Gasteiger partial charge in [0, 0.05) is 6.54 Å². The van der Waals surface area contributed by atoms with E-state index in [0.29, 0.717) is 17.9 Å². The molecule has 2 rings (SSSR count). The third-order valence-corrected chi connectivity index (χ3v) is 3.98. The van der Waals surface area contributed by atoms with Crippen molar-refractivity contribution in [3.63, 3.8) is 0 Å². The van der Waals surface area contributed by atoms with Crippen molar-refractivity contribution in [1.82, 2.24) is 9.96 Å². The summed E-state index contributed by atoms with van der Waals surface area (Å²) in [4.78, 5) is 13.1. The van der Waals surface area contributed by atoms with Crippen LogP contribution in [0.25, 0.3) is 0 Å². The zero-order chi connectivity index (χ0) is 13.7. The number of carbonyl (C=O) groups excluding carboxylic acids is 1. The van der Waals surface area contributed by atoms with Gasteiger partial charge in [-0.3, -0.25) is 4.55 Å². The van der Waals surface area contributed by atoms with Crippen LogP contribution in [0.5, 0.6) is 0 Å². The van der Waals surface area contributed by atoms with E-state index >= 15 is 0 Å². The molecule has 104 valence electrons. The zero-order valence-corrected chi connectivity index (χ0v) is 11.9. The molecule has 7 nitrogen and oxygen atoms in total. The second-order valence-corrected chi connectivity index (χ2v) is 7.43. The first kappa shape index (κ1) is 14.4. The predicted molar refractivity (Wildman–Crippen MR) is 63.7 cm³/mol. The lowest BCUT2D eigenvalue weighted by Gasteiger charge is -2.34. The molecule has 2 amide bonds. The Morgan fingerprint density at radius 1 is 1.33 bits per heavy atom. The minimum Gasteiger partial charge on any atom is -0.313 e. The van der Waals surface area contributed by atoms with Gasteiger partial charge in [-0.25, -0.2) is 4.79 Å². The van der Waals surface area contributed by atoms with Crippen molar-refractivity contribution in [2.45, 2.75) is 28.7 Å². The summed E-state index contributed by atoms with van der Waals surface area (Å²) in [6, 6.07) is -1.88. The number of rotatable bonds is 2. The van der Waals surface area contributed by atoms with Crippen molar-refractivity contribution < 1.29 is 22.0 Å². The Morgan fingerprint density at radius 3 is 2.44 bits per heavy atom. The second-order valence-electron chi connectivity index (χ2n) is 4.05.